The molecule has 1 aliphatic heterocycles. The molecule has 0 spiro atoms. The normalized spacial score (nSPS) is 31.4. The van der Waals surface area contributed by atoms with E-state index in [9.17, 15) is 20.4 Å². The van der Waals surface area contributed by atoms with E-state index >= 15 is 0 Å². The number of ether oxygens (including phenoxy) is 1. The third kappa shape index (κ3) is 5.55. The molecule has 3 unspecified atom stereocenters. The van der Waals surface area contributed by atoms with Crippen LogP contribution in [0, 0.1) is 0 Å². The van der Waals surface area contributed by atoms with Gasteiger partial charge in [0.05, 0.1) is 0 Å². The fourth-order valence-electron chi connectivity index (χ4n) is 4.00. The summed E-state index contributed by atoms with van der Waals surface area (Å²) < 4.78 is 9.18. The van der Waals surface area contributed by atoms with Crippen LogP contribution >= 0.6 is 0 Å². The second-order valence-electron chi connectivity index (χ2n) is 7.42. The summed E-state index contributed by atoms with van der Waals surface area (Å²) in [6, 6.07) is 0. The zero-order valence-corrected chi connectivity index (χ0v) is 18.5. The molecule has 5 nitrogen and oxygen atoms in total. The SMILES string of the molecule is CCC[CH2][Sn]([CH2]CCC)([CH2]CCC)[C@@H]1OC(CO)[C@H](O)C(O)C1O. The summed E-state index contributed by atoms with van der Waals surface area (Å²) in [4.78, 5) is 0. The van der Waals surface area contributed by atoms with Crippen LogP contribution in [0.25, 0.3) is 0 Å². The van der Waals surface area contributed by atoms with Crippen molar-refractivity contribution in [3.63, 3.8) is 0 Å². The van der Waals surface area contributed by atoms with Gasteiger partial charge in [0, 0.05) is 0 Å². The van der Waals surface area contributed by atoms with Crippen LogP contribution in [0.2, 0.25) is 13.3 Å². The van der Waals surface area contributed by atoms with E-state index in [0.29, 0.717) is 0 Å². The van der Waals surface area contributed by atoms with Crippen LogP contribution in [-0.4, -0.2) is 73.9 Å². The van der Waals surface area contributed by atoms with E-state index in [2.05, 4.69) is 20.8 Å². The second kappa shape index (κ2) is 11.3. The topological polar surface area (TPSA) is 90.2 Å². The minimum atomic E-state index is -2.92. The average molecular weight is 453 g/mol. The second-order valence-corrected chi connectivity index (χ2v) is 21.1. The number of aliphatic hydroxyl groups is 4. The molecular formula is C18H38O5Sn. The van der Waals surface area contributed by atoms with Gasteiger partial charge >= 0.3 is 151 Å². The van der Waals surface area contributed by atoms with Crippen molar-refractivity contribution in [2.45, 2.75) is 101 Å². The molecule has 0 saturated carbocycles. The fourth-order valence-corrected chi connectivity index (χ4v) is 21.6. The Bertz CT molecular complexity index is 318. The molecule has 0 aliphatic carbocycles. The molecule has 6 heteroatoms. The molecule has 1 fully saturated rings. The zero-order valence-electron chi connectivity index (χ0n) is 15.7. The molecule has 1 aliphatic rings. The van der Waals surface area contributed by atoms with Gasteiger partial charge in [0.2, 0.25) is 0 Å². The van der Waals surface area contributed by atoms with Crippen molar-refractivity contribution in [2.24, 2.45) is 0 Å². The first kappa shape index (κ1) is 22.6. The van der Waals surface area contributed by atoms with Gasteiger partial charge in [-0.1, -0.05) is 0 Å². The molecule has 1 rings (SSSR count). The quantitative estimate of drug-likeness (QED) is 0.361. The van der Waals surface area contributed by atoms with Gasteiger partial charge in [-0.25, -0.2) is 0 Å². The van der Waals surface area contributed by atoms with Gasteiger partial charge in [-0.15, -0.1) is 0 Å². The third-order valence-electron chi connectivity index (χ3n) is 5.58. The van der Waals surface area contributed by atoms with Gasteiger partial charge in [0.25, 0.3) is 0 Å². The van der Waals surface area contributed by atoms with E-state index < -0.39 is 42.8 Å². The Morgan fingerprint density at radius 1 is 0.750 bits per heavy atom. The zero-order chi connectivity index (χ0) is 18.2. The van der Waals surface area contributed by atoms with Crippen LogP contribution < -0.4 is 0 Å². The first-order chi connectivity index (χ1) is 11.5. The van der Waals surface area contributed by atoms with Crippen LogP contribution in [0.4, 0.5) is 0 Å². The van der Waals surface area contributed by atoms with Crippen molar-refractivity contribution in [1.29, 1.82) is 0 Å². The molecule has 1 saturated heterocycles. The van der Waals surface area contributed by atoms with Gasteiger partial charge in [0.1, 0.15) is 0 Å². The van der Waals surface area contributed by atoms with Crippen molar-refractivity contribution in [3.8, 4) is 0 Å². The Hall–Kier alpha value is 0.599. The molecule has 0 aromatic rings. The van der Waals surface area contributed by atoms with Crippen LogP contribution in [0.1, 0.15) is 59.3 Å². The summed E-state index contributed by atoms with van der Waals surface area (Å²) in [7, 11) is 0. The van der Waals surface area contributed by atoms with Crippen LogP contribution in [0.3, 0.4) is 0 Å². The molecule has 0 amide bonds. The summed E-state index contributed by atoms with van der Waals surface area (Å²) in [5.74, 6) is 0. The Balaban J connectivity index is 3.11. The Morgan fingerprint density at radius 3 is 1.58 bits per heavy atom. The molecule has 0 radical (unpaired) electrons. The maximum absolute atomic E-state index is 10.7. The summed E-state index contributed by atoms with van der Waals surface area (Å²) in [6.07, 6.45) is 2.53. The number of hydrogen-bond acceptors (Lipinski definition) is 5. The average Bonchev–Trinajstić information content (AvgIpc) is 2.60. The van der Waals surface area contributed by atoms with E-state index in [-0.39, 0.29) is 10.7 Å². The molecule has 5 atom stereocenters. The summed E-state index contributed by atoms with van der Waals surface area (Å²) >= 11 is -2.92. The molecule has 24 heavy (non-hydrogen) atoms. The van der Waals surface area contributed by atoms with E-state index in [1.807, 2.05) is 0 Å². The number of unbranched alkanes of at least 4 members (excludes halogenated alkanes) is 3. The van der Waals surface area contributed by atoms with Crippen LogP contribution in [-0.2, 0) is 4.74 Å². The van der Waals surface area contributed by atoms with Gasteiger partial charge in [0.15, 0.2) is 0 Å². The maximum atomic E-state index is 10.7. The minimum absolute atomic E-state index is 0.321. The molecule has 144 valence electrons. The Morgan fingerprint density at radius 2 is 1.21 bits per heavy atom. The van der Waals surface area contributed by atoms with Crippen LogP contribution in [0.15, 0.2) is 0 Å². The van der Waals surface area contributed by atoms with E-state index in [0.717, 1.165) is 51.8 Å². The molecule has 0 aromatic carbocycles. The van der Waals surface area contributed by atoms with Crippen molar-refractivity contribution in [3.05, 3.63) is 0 Å². The summed E-state index contributed by atoms with van der Waals surface area (Å²) in [5, 5.41) is 40.6. The van der Waals surface area contributed by atoms with Crippen LogP contribution in [0.5, 0.6) is 0 Å². The monoisotopic (exact) mass is 454 g/mol. The first-order valence-electron chi connectivity index (χ1n) is 9.77. The standard InChI is InChI=1S/C6H11O5.3C4H9.Sn/c7-1-4-6(10)5(9)3(8)2-11-4;3*1-3-4-2;/h2-10H,1H2;3*1,3-4H2,2H3;/t3?,4?,5?,6-;;;;/m0..../s1. The number of aliphatic hydroxyl groups excluding tert-OH is 4. The number of rotatable bonds is 11. The van der Waals surface area contributed by atoms with Crippen molar-refractivity contribution >= 4 is 18.4 Å². The third-order valence-corrected chi connectivity index (χ3v) is 21.9. The van der Waals surface area contributed by atoms with Gasteiger partial charge in [-0.2, -0.15) is 0 Å². The van der Waals surface area contributed by atoms with Gasteiger partial charge < -0.3 is 0 Å². The predicted molar refractivity (Wildman–Crippen MR) is 98.7 cm³/mol. The Kier molecular flexibility index (Phi) is 10.7. The summed E-state index contributed by atoms with van der Waals surface area (Å²) in [5.41, 5.74) is 0. The molecular weight excluding hydrogens is 415 g/mol. The predicted octanol–water partition coefficient (Wildman–Crippen LogP) is 2.22. The molecule has 0 aromatic heterocycles. The molecule has 1 heterocycles. The fraction of sp³-hybridized carbons (Fsp3) is 1.00. The molecule has 4 N–H and O–H groups in total. The van der Waals surface area contributed by atoms with Crippen molar-refractivity contribution in [1.82, 2.24) is 0 Å². The summed E-state index contributed by atoms with van der Waals surface area (Å²) in [6.45, 7) is 6.23. The van der Waals surface area contributed by atoms with E-state index in [1.54, 1.807) is 0 Å². The first-order valence-corrected chi connectivity index (χ1v) is 17.5. The van der Waals surface area contributed by atoms with E-state index in [4.69, 9.17) is 4.74 Å². The van der Waals surface area contributed by atoms with Gasteiger partial charge in [-0.05, 0) is 0 Å². The number of hydrogen-bond donors (Lipinski definition) is 4. The molecule has 0 bridgehead atoms. The van der Waals surface area contributed by atoms with Crippen molar-refractivity contribution in [2.75, 3.05) is 6.61 Å². The van der Waals surface area contributed by atoms with Crippen molar-refractivity contribution < 1.29 is 25.2 Å². The van der Waals surface area contributed by atoms with Gasteiger partial charge in [-0.3, -0.25) is 0 Å². The van der Waals surface area contributed by atoms with E-state index in [1.165, 1.54) is 0 Å². The Labute approximate surface area is 151 Å².